The number of esters is 4. The first-order valence-corrected chi connectivity index (χ1v) is 15.4. The van der Waals surface area contributed by atoms with Gasteiger partial charge in [0.15, 0.2) is 0 Å². The summed E-state index contributed by atoms with van der Waals surface area (Å²) in [5.74, 6) is -4.64. The maximum atomic E-state index is 13.5. The second-order valence-corrected chi connectivity index (χ2v) is 14.1. The van der Waals surface area contributed by atoms with E-state index in [2.05, 4.69) is 13.2 Å². The minimum Gasteiger partial charge on any atom is -0.460 e. The molecule has 12 atom stereocenters. The Balaban J connectivity index is 1.26. The summed E-state index contributed by atoms with van der Waals surface area (Å²) < 4.78 is 23.2. The Morgan fingerprint density at radius 2 is 1.12 bits per heavy atom. The number of fused-ring (bicyclic) bond motifs is 4. The molecule has 0 radical (unpaired) electrons. The molecule has 0 spiro atoms. The van der Waals surface area contributed by atoms with E-state index in [4.69, 9.17) is 18.9 Å². The third-order valence-electron chi connectivity index (χ3n) is 12.0. The molecular weight excluding hydrogens is 556 g/mol. The van der Waals surface area contributed by atoms with Crippen LogP contribution in [0.1, 0.15) is 72.6 Å². The van der Waals surface area contributed by atoms with Gasteiger partial charge in [-0.05, 0) is 63.2 Å². The van der Waals surface area contributed by atoms with Crippen molar-refractivity contribution in [2.75, 3.05) is 0 Å². The molecule has 0 aromatic heterocycles. The van der Waals surface area contributed by atoms with Crippen LogP contribution in [0.3, 0.4) is 0 Å². The zero-order valence-electron chi connectivity index (χ0n) is 25.2. The van der Waals surface area contributed by atoms with Gasteiger partial charge >= 0.3 is 23.9 Å². The molecule has 0 amide bonds. The maximum absolute atomic E-state index is 13.5. The van der Waals surface area contributed by atoms with Crippen LogP contribution < -0.4 is 0 Å². The fourth-order valence-electron chi connectivity index (χ4n) is 9.74. The Morgan fingerprint density at radius 3 is 1.49 bits per heavy atom. The summed E-state index contributed by atoms with van der Waals surface area (Å²) in [4.78, 5) is 78.7. The molecule has 2 heterocycles. The van der Waals surface area contributed by atoms with E-state index in [9.17, 15) is 28.8 Å². The fourth-order valence-corrected chi connectivity index (χ4v) is 9.74. The predicted octanol–water partition coefficient (Wildman–Crippen LogP) is 3.45. The number of hydrogen-bond donors (Lipinski definition) is 0. The summed E-state index contributed by atoms with van der Waals surface area (Å²) in [5, 5.41) is 0. The van der Waals surface area contributed by atoms with Crippen molar-refractivity contribution >= 4 is 35.4 Å². The molecule has 6 fully saturated rings. The molecule has 2 aliphatic heterocycles. The van der Waals surface area contributed by atoms with Gasteiger partial charge in [0.1, 0.15) is 42.4 Å². The summed E-state index contributed by atoms with van der Waals surface area (Å²) in [5.41, 5.74) is -1.84. The maximum Gasteiger partial charge on any atom is 0.334 e. The highest BCUT2D eigenvalue weighted by Crippen LogP contribution is 2.58. The van der Waals surface area contributed by atoms with Gasteiger partial charge in [0.05, 0.1) is 22.7 Å². The van der Waals surface area contributed by atoms with Crippen LogP contribution in [0.15, 0.2) is 24.3 Å². The van der Waals surface area contributed by atoms with Gasteiger partial charge in [-0.1, -0.05) is 27.0 Å². The van der Waals surface area contributed by atoms with E-state index in [0.717, 1.165) is 0 Å². The van der Waals surface area contributed by atoms with E-state index >= 15 is 0 Å². The van der Waals surface area contributed by atoms with Crippen LogP contribution >= 0.6 is 0 Å². The fraction of sp³-hybridized carbons (Fsp3) is 0.697. The quantitative estimate of drug-likeness (QED) is 0.205. The molecule has 6 rings (SSSR count). The van der Waals surface area contributed by atoms with Crippen LogP contribution in [0, 0.1) is 46.3 Å². The summed E-state index contributed by atoms with van der Waals surface area (Å²) in [6.45, 7) is 15.4. The summed E-state index contributed by atoms with van der Waals surface area (Å²) in [6, 6.07) is 0. The van der Waals surface area contributed by atoms with Crippen molar-refractivity contribution in [3.8, 4) is 0 Å². The minimum absolute atomic E-state index is 0.0315. The van der Waals surface area contributed by atoms with Crippen molar-refractivity contribution in [1.82, 2.24) is 0 Å². The van der Waals surface area contributed by atoms with Crippen LogP contribution in [0.5, 0.6) is 0 Å². The molecule has 4 aliphatic carbocycles. The smallest absolute Gasteiger partial charge is 0.334 e. The number of rotatable bonds is 4. The summed E-state index contributed by atoms with van der Waals surface area (Å²) in [6.07, 6.45) is -1.07. The Labute approximate surface area is 250 Å². The van der Waals surface area contributed by atoms with Crippen LogP contribution in [0.25, 0.3) is 0 Å². The third kappa shape index (κ3) is 4.25. The van der Waals surface area contributed by atoms with Crippen LogP contribution in [-0.4, -0.2) is 59.9 Å². The molecule has 0 aromatic rings. The molecular formula is C33H40O10. The van der Waals surface area contributed by atoms with Gasteiger partial charge in [-0.3, -0.25) is 19.2 Å². The summed E-state index contributed by atoms with van der Waals surface area (Å²) >= 11 is 0. The lowest BCUT2D eigenvalue weighted by Crippen LogP contribution is -2.50. The largest absolute Gasteiger partial charge is 0.460 e. The van der Waals surface area contributed by atoms with Crippen molar-refractivity contribution in [2.45, 2.75) is 97.1 Å². The van der Waals surface area contributed by atoms with E-state index in [1.807, 2.05) is 13.8 Å². The number of carbonyl (C=O) groups excluding carboxylic acids is 6. The van der Waals surface area contributed by atoms with E-state index < -0.39 is 77.4 Å². The molecule has 2 saturated heterocycles. The number of hydrogen-bond acceptors (Lipinski definition) is 10. The van der Waals surface area contributed by atoms with E-state index in [-0.39, 0.29) is 46.4 Å². The van der Waals surface area contributed by atoms with Crippen molar-refractivity contribution in [2.24, 2.45) is 46.3 Å². The molecule has 10 heteroatoms. The van der Waals surface area contributed by atoms with Crippen LogP contribution in [-0.2, 0) is 47.7 Å². The highest BCUT2D eigenvalue weighted by atomic mass is 16.6. The topological polar surface area (TPSA) is 139 Å². The standard InChI is InChI=1S/C33H40O10/c1-14-11-20-26(16(3)30(38)40-20)28(32(5)18(14)7-9-22(32)34)42-24(36)13-25(37)43-29-27-17(4)31(39)41-21(27)12-15(2)19-8-10-23(35)33(19,29)6/h14-15,18-21,26-29H,3-4,7-13H2,1-2,5-6H3/t14-,15-,18+,19+,20-,21-,26-,27-,28+,29+,32+,33+/m1/s1. The first-order valence-electron chi connectivity index (χ1n) is 15.4. The second kappa shape index (κ2) is 10.1. The van der Waals surface area contributed by atoms with E-state index in [1.54, 1.807) is 13.8 Å². The number of carbonyl (C=O) groups is 6. The zero-order valence-corrected chi connectivity index (χ0v) is 25.2. The number of Topliss-reactive ketones (excluding diaryl/α,β-unsaturated/α-hetero) is 2. The van der Waals surface area contributed by atoms with Gasteiger partial charge in [0, 0.05) is 24.0 Å². The van der Waals surface area contributed by atoms with Gasteiger partial charge in [0.2, 0.25) is 0 Å². The lowest BCUT2D eigenvalue weighted by Gasteiger charge is -2.40. The molecule has 6 aliphatic rings. The number of ketones is 2. The molecule has 43 heavy (non-hydrogen) atoms. The predicted molar refractivity (Wildman–Crippen MR) is 149 cm³/mol. The van der Waals surface area contributed by atoms with E-state index in [1.165, 1.54) is 0 Å². The van der Waals surface area contributed by atoms with Crippen molar-refractivity contribution in [3.05, 3.63) is 24.3 Å². The average Bonchev–Trinajstić information content (AvgIpc) is 3.56. The molecule has 0 aromatic carbocycles. The van der Waals surface area contributed by atoms with Gasteiger partial charge in [-0.2, -0.15) is 0 Å². The number of ether oxygens (including phenoxy) is 4. The first kappa shape index (κ1) is 29.8. The first-order chi connectivity index (χ1) is 20.2. The molecule has 4 saturated carbocycles. The second-order valence-electron chi connectivity index (χ2n) is 14.1. The van der Waals surface area contributed by atoms with Gasteiger partial charge in [-0.15, -0.1) is 0 Å². The molecule has 0 N–H and O–H groups in total. The van der Waals surface area contributed by atoms with Crippen LogP contribution in [0.2, 0.25) is 0 Å². The van der Waals surface area contributed by atoms with Crippen molar-refractivity contribution in [1.29, 1.82) is 0 Å². The molecule has 0 bridgehead atoms. The lowest BCUT2D eigenvalue weighted by atomic mass is 9.67. The zero-order chi connectivity index (χ0) is 31.2. The Kier molecular flexibility index (Phi) is 7.01. The molecule has 232 valence electrons. The van der Waals surface area contributed by atoms with Crippen molar-refractivity contribution in [3.63, 3.8) is 0 Å². The third-order valence-corrected chi connectivity index (χ3v) is 12.0. The Morgan fingerprint density at radius 1 is 0.744 bits per heavy atom. The van der Waals surface area contributed by atoms with E-state index in [0.29, 0.717) is 38.5 Å². The average molecular weight is 597 g/mol. The normalized spacial score (nSPS) is 45.3. The Bertz CT molecular complexity index is 1250. The molecule has 10 nitrogen and oxygen atoms in total. The molecule has 0 unspecified atom stereocenters. The summed E-state index contributed by atoms with van der Waals surface area (Å²) in [7, 11) is 0. The van der Waals surface area contributed by atoms with Gasteiger partial charge in [-0.25, -0.2) is 9.59 Å². The Hall–Kier alpha value is -3.30. The van der Waals surface area contributed by atoms with Crippen molar-refractivity contribution < 1.29 is 47.7 Å². The highest BCUT2D eigenvalue weighted by molar-refractivity contribution is 5.96. The van der Waals surface area contributed by atoms with Gasteiger partial charge < -0.3 is 18.9 Å². The SMILES string of the molecule is C=C1C(=O)O[C@@H]2C[C@@H](C)[C@@H]3CCC(=O)[C@@]3(C)[C@@H](OC(=O)CC(=O)O[C@H]3[C@@H]4C(=C)C(=O)O[C@@H]4C[C@@H](C)[C@@H]4CCC(=O)[C@]43C)[C@H]12. The monoisotopic (exact) mass is 596 g/mol. The minimum atomic E-state index is -1.07. The van der Waals surface area contributed by atoms with Gasteiger partial charge in [0.25, 0.3) is 0 Å². The lowest BCUT2D eigenvalue weighted by molar-refractivity contribution is -0.175. The highest BCUT2D eigenvalue weighted by Gasteiger charge is 2.65. The van der Waals surface area contributed by atoms with Crippen LogP contribution in [0.4, 0.5) is 0 Å².